The molecule has 0 bridgehead atoms. The van der Waals surface area contributed by atoms with Gasteiger partial charge in [0.15, 0.2) is 17.1 Å². The summed E-state index contributed by atoms with van der Waals surface area (Å²) in [5.74, 6) is -2.87. The number of nitrogens with zero attached hydrogens (tertiary/aromatic N) is 4. The molecule has 2 aromatic rings. The van der Waals surface area contributed by atoms with Crippen molar-refractivity contribution in [2.45, 2.75) is 25.8 Å². The Balaban J connectivity index is 1.24. The van der Waals surface area contributed by atoms with Crippen LogP contribution in [0.5, 0.6) is 0 Å². The molecular weight excluding hydrogens is 534 g/mol. The van der Waals surface area contributed by atoms with Crippen molar-refractivity contribution in [1.29, 1.82) is 0 Å². The van der Waals surface area contributed by atoms with Gasteiger partial charge in [-0.05, 0) is 25.3 Å². The number of ketones is 2. The zero-order valence-corrected chi connectivity index (χ0v) is 22.9. The first-order valence-corrected chi connectivity index (χ1v) is 12.8. The largest absolute Gasteiger partial charge is 0.467 e. The number of allylic oxidation sites excluding steroid dienone is 2. The minimum atomic E-state index is -1.71. The molecule has 1 saturated carbocycles. The number of esters is 1. The Bertz CT molecular complexity index is 1690. The highest BCUT2D eigenvalue weighted by atomic mass is 16.5. The van der Waals surface area contributed by atoms with Crippen LogP contribution in [0.3, 0.4) is 0 Å². The van der Waals surface area contributed by atoms with E-state index in [0.29, 0.717) is 24.4 Å². The summed E-state index contributed by atoms with van der Waals surface area (Å²) in [5, 5.41) is 8.04. The number of anilines is 2. The number of carbonyl (C=O) groups excluding carboxylic acids is 6. The third-order valence-corrected chi connectivity index (χ3v) is 8.23. The highest BCUT2D eigenvalue weighted by molar-refractivity contribution is 6.26. The maximum Gasteiger partial charge on any atom is 0.339 e. The molecule has 0 aromatic carbocycles. The van der Waals surface area contributed by atoms with Gasteiger partial charge < -0.3 is 34.7 Å². The van der Waals surface area contributed by atoms with E-state index in [1.807, 2.05) is 0 Å². The van der Waals surface area contributed by atoms with Gasteiger partial charge in [0.25, 0.3) is 11.8 Å². The lowest BCUT2D eigenvalue weighted by Gasteiger charge is -2.28. The van der Waals surface area contributed by atoms with Crippen LogP contribution >= 0.6 is 0 Å². The molecule has 0 radical (unpaired) electrons. The van der Waals surface area contributed by atoms with Crippen LogP contribution in [0.4, 0.5) is 11.5 Å². The number of Topliss-reactive ketones (excluding diaryl/α,β-unsaturated/α-hetero) is 1. The number of rotatable bonds is 5. The Hall–Kier alpha value is -5.01. The number of hydrogen-bond acceptors (Lipinski definition) is 9. The highest BCUT2D eigenvalue weighted by Crippen LogP contribution is 2.70. The molecule has 41 heavy (non-hydrogen) atoms. The number of aromatic nitrogens is 3. The van der Waals surface area contributed by atoms with E-state index in [2.05, 4.69) is 20.9 Å². The van der Waals surface area contributed by atoms with E-state index >= 15 is 0 Å². The molecule has 4 aliphatic rings. The van der Waals surface area contributed by atoms with Crippen molar-refractivity contribution in [3.63, 3.8) is 0 Å². The molecule has 4 heterocycles. The second-order valence-electron chi connectivity index (χ2n) is 10.9. The van der Waals surface area contributed by atoms with Gasteiger partial charge in [-0.3, -0.25) is 24.0 Å². The van der Waals surface area contributed by atoms with Gasteiger partial charge in [-0.2, -0.15) is 0 Å². The lowest BCUT2D eigenvalue weighted by atomic mass is 9.80. The highest BCUT2D eigenvalue weighted by Gasteiger charge is 2.73. The first kappa shape index (κ1) is 26.2. The third kappa shape index (κ3) is 3.59. The van der Waals surface area contributed by atoms with E-state index in [9.17, 15) is 28.8 Å². The molecule has 1 spiro atoms. The summed E-state index contributed by atoms with van der Waals surface area (Å²) in [6.07, 6.45) is 5.02. The quantitative estimate of drug-likeness (QED) is 0.342. The molecule has 0 unspecified atom stereocenters. The van der Waals surface area contributed by atoms with E-state index in [1.165, 1.54) is 48.8 Å². The summed E-state index contributed by atoms with van der Waals surface area (Å²) in [6.45, 7) is 3.02. The van der Waals surface area contributed by atoms with Crippen LogP contribution in [0.1, 0.15) is 41.4 Å². The van der Waals surface area contributed by atoms with E-state index in [1.54, 1.807) is 24.9 Å². The van der Waals surface area contributed by atoms with Crippen molar-refractivity contribution in [3.8, 4) is 0 Å². The van der Waals surface area contributed by atoms with Gasteiger partial charge in [0.1, 0.15) is 5.69 Å². The molecule has 2 aliphatic heterocycles. The number of ether oxygens (including phenoxy) is 1. The average Bonchev–Trinajstić information content (AvgIpc) is 3.18. The molecule has 2 fully saturated rings. The minimum absolute atomic E-state index is 0.0517. The predicted molar refractivity (Wildman–Crippen MR) is 141 cm³/mol. The van der Waals surface area contributed by atoms with Crippen molar-refractivity contribution in [2.75, 3.05) is 24.3 Å². The molecule has 14 nitrogen and oxygen atoms in total. The van der Waals surface area contributed by atoms with Crippen LogP contribution in [0.15, 0.2) is 41.5 Å². The van der Waals surface area contributed by atoms with Gasteiger partial charge in [-0.25, -0.2) is 9.78 Å². The molecule has 212 valence electrons. The van der Waals surface area contributed by atoms with Crippen LogP contribution in [0.2, 0.25) is 0 Å². The zero-order valence-electron chi connectivity index (χ0n) is 22.9. The van der Waals surface area contributed by atoms with E-state index in [-0.39, 0.29) is 40.4 Å². The van der Waals surface area contributed by atoms with Crippen LogP contribution in [-0.4, -0.2) is 73.5 Å². The van der Waals surface area contributed by atoms with Crippen LogP contribution in [-0.2, 0) is 38.0 Å². The van der Waals surface area contributed by atoms with Gasteiger partial charge in [0, 0.05) is 62.7 Å². The lowest BCUT2D eigenvalue weighted by molar-refractivity contribution is -0.150. The fourth-order valence-electron chi connectivity index (χ4n) is 6.23. The Kier molecular flexibility index (Phi) is 5.43. The topological polar surface area (TPSA) is 174 Å². The average molecular weight is 562 g/mol. The van der Waals surface area contributed by atoms with Gasteiger partial charge in [-0.1, -0.05) is 0 Å². The summed E-state index contributed by atoms with van der Waals surface area (Å²) >= 11 is 0. The molecule has 1 saturated heterocycles. The zero-order chi connectivity index (χ0) is 29.6. The second kappa shape index (κ2) is 8.49. The summed E-state index contributed by atoms with van der Waals surface area (Å²) in [4.78, 5) is 82.7. The fraction of sp³-hybridized carbons (Fsp3) is 0.370. The van der Waals surface area contributed by atoms with Gasteiger partial charge in [-0.15, -0.1) is 0 Å². The summed E-state index contributed by atoms with van der Waals surface area (Å²) < 4.78 is 7.84. The SMILES string of the molecule is COC(=O)[C@@]1(C)NC2=C(C1=O)[C@]13C[C@H]1CN(C(=O)c1cc(NC(=O)c4nc(NC(C)=O)cn4C)cn1C)C3=CC2=O. The number of methoxy groups -OCH3 is 1. The molecule has 2 aromatic heterocycles. The number of likely N-dealkylation sites (tertiary alicyclic amines) is 1. The summed E-state index contributed by atoms with van der Waals surface area (Å²) in [7, 11) is 4.44. The lowest BCUT2D eigenvalue weighted by Crippen LogP contribution is -2.52. The molecule has 6 rings (SSSR count). The molecule has 2 aliphatic carbocycles. The number of hydrogen-bond donors (Lipinski definition) is 3. The smallest absolute Gasteiger partial charge is 0.339 e. The maximum absolute atomic E-state index is 13.8. The van der Waals surface area contributed by atoms with Crippen molar-refractivity contribution in [2.24, 2.45) is 25.4 Å². The minimum Gasteiger partial charge on any atom is -0.467 e. The number of carbonyl (C=O) groups is 6. The van der Waals surface area contributed by atoms with Crippen molar-refractivity contribution in [1.82, 2.24) is 24.3 Å². The van der Waals surface area contributed by atoms with Crippen LogP contribution < -0.4 is 16.0 Å². The molecule has 3 amide bonds. The Morgan fingerprint density at radius 2 is 1.85 bits per heavy atom. The Labute approximate surface area is 233 Å². The Morgan fingerprint density at radius 3 is 2.54 bits per heavy atom. The van der Waals surface area contributed by atoms with E-state index < -0.39 is 40.3 Å². The molecule has 3 N–H and O–H groups in total. The molecule has 14 heteroatoms. The number of amides is 3. The molecule has 3 atom stereocenters. The number of aryl methyl sites for hydroxylation is 2. The first-order chi connectivity index (χ1) is 19.3. The van der Waals surface area contributed by atoms with E-state index in [4.69, 9.17) is 4.74 Å². The standard InChI is InChI=1S/C27H27N7O7/c1-12(35)28-18-11-33(4)22(30-18)23(38)29-14-6-15(32(3)10-14)24(39)34-9-13-8-27(13)17(34)7-16(36)20-19(27)21(37)26(2,31-20)25(40)41-5/h6-7,10-11,13,31H,8-9H2,1-5H3,(H,28,35)(H,29,38)/t13-,26-,27+/m0/s1. The number of nitrogens with one attached hydrogen (secondary N) is 3. The monoisotopic (exact) mass is 561 g/mol. The van der Waals surface area contributed by atoms with Crippen molar-refractivity contribution in [3.05, 3.63) is 53.0 Å². The van der Waals surface area contributed by atoms with Crippen LogP contribution in [0, 0.1) is 11.3 Å². The number of imidazole rings is 1. The van der Waals surface area contributed by atoms with Crippen molar-refractivity contribution < 1.29 is 33.5 Å². The van der Waals surface area contributed by atoms with E-state index in [0.717, 1.165) is 0 Å². The van der Waals surface area contributed by atoms with Gasteiger partial charge >= 0.3 is 5.97 Å². The molecular formula is C27H27N7O7. The second-order valence-corrected chi connectivity index (χ2v) is 10.9. The predicted octanol–water partition coefficient (Wildman–Crippen LogP) is 0.256. The maximum atomic E-state index is 13.8. The summed E-state index contributed by atoms with van der Waals surface area (Å²) in [6, 6.07) is 1.51. The fourth-order valence-corrected chi connectivity index (χ4v) is 6.23. The van der Waals surface area contributed by atoms with Crippen LogP contribution in [0.25, 0.3) is 0 Å². The van der Waals surface area contributed by atoms with Gasteiger partial charge in [0.2, 0.25) is 17.5 Å². The number of piperidine rings is 1. The summed E-state index contributed by atoms with van der Waals surface area (Å²) in [5.41, 5.74) is -1.18. The Morgan fingerprint density at radius 1 is 1.12 bits per heavy atom. The normalized spacial score (nSPS) is 25.6. The third-order valence-electron chi connectivity index (χ3n) is 8.23. The first-order valence-electron chi connectivity index (χ1n) is 12.8. The van der Waals surface area contributed by atoms with Gasteiger partial charge in [0.05, 0.1) is 18.5 Å². The van der Waals surface area contributed by atoms with Crippen molar-refractivity contribution >= 4 is 46.8 Å².